The molecule has 142 valence electrons. The van der Waals surface area contributed by atoms with Gasteiger partial charge in [-0.3, -0.25) is 14.5 Å². The molecule has 0 unspecified atom stereocenters. The summed E-state index contributed by atoms with van der Waals surface area (Å²) in [7, 11) is 0. The van der Waals surface area contributed by atoms with E-state index in [-0.39, 0.29) is 17.7 Å². The first-order valence-corrected chi connectivity index (χ1v) is 9.63. The largest absolute Gasteiger partial charge is 0.379 e. The minimum atomic E-state index is 0.0306. The molecule has 0 bridgehead atoms. The van der Waals surface area contributed by atoms with Gasteiger partial charge < -0.3 is 15.4 Å². The van der Waals surface area contributed by atoms with Gasteiger partial charge in [-0.2, -0.15) is 0 Å². The molecule has 6 nitrogen and oxygen atoms in total. The van der Waals surface area contributed by atoms with Crippen molar-refractivity contribution in [1.82, 2.24) is 15.5 Å². The van der Waals surface area contributed by atoms with Crippen LogP contribution >= 0.6 is 0 Å². The number of amides is 2. The zero-order chi connectivity index (χ0) is 18.2. The molecule has 0 spiro atoms. The van der Waals surface area contributed by atoms with Crippen LogP contribution in [0.5, 0.6) is 0 Å². The first-order chi connectivity index (χ1) is 12.7. The summed E-state index contributed by atoms with van der Waals surface area (Å²) in [6.45, 7) is 5.67. The lowest BCUT2D eigenvalue weighted by Gasteiger charge is -2.26. The maximum Gasteiger partial charge on any atom is 0.223 e. The number of rotatable bonds is 9. The first kappa shape index (κ1) is 18.9. The summed E-state index contributed by atoms with van der Waals surface area (Å²) < 4.78 is 5.37. The fourth-order valence-corrected chi connectivity index (χ4v) is 3.02. The predicted octanol–water partition coefficient (Wildman–Crippen LogP) is 1.44. The Bertz CT molecular complexity index is 593. The molecule has 2 N–H and O–H groups in total. The number of carbonyl (C=O) groups is 2. The van der Waals surface area contributed by atoms with Crippen molar-refractivity contribution in [3.05, 3.63) is 35.4 Å². The minimum Gasteiger partial charge on any atom is -0.379 e. The van der Waals surface area contributed by atoms with E-state index < -0.39 is 0 Å². The second kappa shape index (κ2) is 9.69. The highest BCUT2D eigenvalue weighted by Gasteiger charge is 2.28. The number of morpholine rings is 1. The van der Waals surface area contributed by atoms with E-state index in [0.717, 1.165) is 51.3 Å². The van der Waals surface area contributed by atoms with Gasteiger partial charge in [0.05, 0.1) is 13.2 Å². The van der Waals surface area contributed by atoms with Gasteiger partial charge in [0.2, 0.25) is 11.8 Å². The molecule has 2 fully saturated rings. The summed E-state index contributed by atoms with van der Waals surface area (Å²) in [4.78, 5) is 25.8. The Labute approximate surface area is 155 Å². The molecule has 1 saturated carbocycles. The summed E-state index contributed by atoms with van der Waals surface area (Å²) in [5.74, 6) is 0.403. The summed E-state index contributed by atoms with van der Waals surface area (Å²) in [6, 6.07) is 8.41. The van der Waals surface area contributed by atoms with E-state index in [1.807, 2.05) is 0 Å². The van der Waals surface area contributed by atoms with E-state index in [2.05, 4.69) is 39.8 Å². The fourth-order valence-electron chi connectivity index (χ4n) is 3.02. The van der Waals surface area contributed by atoms with Gasteiger partial charge in [0.25, 0.3) is 0 Å². The number of carbonyl (C=O) groups excluding carboxylic acids is 2. The molecule has 1 saturated heterocycles. The average Bonchev–Trinajstić information content (AvgIpc) is 3.51. The molecule has 1 aromatic carbocycles. The molecule has 3 rings (SSSR count). The third-order valence-corrected chi connectivity index (χ3v) is 4.85. The van der Waals surface area contributed by atoms with Gasteiger partial charge in [-0.1, -0.05) is 24.3 Å². The number of hydrogen-bond acceptors (Lipinski definition) is 4. The lowest BCUT2D eigenvalue weighted by Crippen LogP contribution is -2.35. The van der Waals surface area contributed by atoms with E-state index in [9.17, 15) is 9.59 Å². The molecule has 6 heteroatoms. The number of hydrogen-bond donors (Lipinski definition) is 2. The Morgan fingerprint density at radius 2 is 1.73 bits per heavy atom. The minimum absolute atomic E-state index is 0.0306. The van der Waals surface area contributed by atoms with E-state index in [1.54, 1.807) is 0 Å². The lowest BCUT2D eigenvalue weighted by atomic mass is 10.1. The van der Waals surface area contributed by atoms with Crippen LogP contribution in [0.1, 0.15) is 36.8 Å². The number of nitrogens with one attached hydrogen (secondary N) is 2. The van der Waals surface area contributed by atoms with Crippen LogP contribution in [-0.4, -0.2) is 49.6 Å². The maximum absolute atomic E-state index is 11.9. The highest BCUT2D eigenvalue weighted by molar-refractivity contribution is 5.81. The van der Waals surface area contributed by atoms with E-state index in [4.69, 9.17) is 4.74 Å². The van der Waals surface area contributed by atoms with Crippen LogP contribution in [0.3, 0.4) is 0 Å². The second-order valence-electron chi connectivity index (χ2n) is 7.15. The Hall–Kier alpha value is -1.92. The maximum atomic E-state index is 11.9. The van der Waals surface area contributed by atoms with Crippen LogP contribution in [0.2, 0.25) is 0 Å². The third kappa shape index (κ3) is 6.42. The quantitative estimate of drug-likeness (QED) is 0.655. The van der Waals surface area contributed by atoms with Gasteiger partial charge in [0.1, 0.15) is 0 Å². The summed E-state index contributed by atoms with van der Waals surface area (Å²) in [5.41, 5.74) is 2.39. The summed E-state index contributed by atoms with van der Waals surface area (Å²) >= 11 is 0. The average molecular weight is 359 g/mol. The normalized spacial score (nSPS) is 17.7. The molecular formula is C20H29N3O3. The summed E-state index contributed by atoms with van der Waals surface area (Å²) in [5, 5.41) is 5.83. The van der Waals surface area contributed by atoms with Crippen LogP contribution in [0, 0.1) is 5.92 Å². The topological polar surface area (TPSA) is 70.7 Å². The van der Waals surface area contributed by atoms with Crippen molar-refractivity contribution in [1.29, 1.82) is 0 Å². The van der Waals surface area contributed by atoms with Crippen LogP contribution in [0.15, 0.2) is 24.3 Å². The van der Waals surface area contributed by atoms with Crippen LogP contribution in [0.4, 0.5) is 0 Å². The molecule has 2 amide bonds. The molecule has 1 heterocycles. The Balaban J connectivity index is 1.29. The van der Waals surface area contributed by atoms with E-state index >= 15 is 0 Å². The second-order valence-corrected chi connectivity index (χ2v) is 7.15. The molecule has 1 aliphatic heterocycles. The van der Waals surface area contributed by atoms with Gasteiger partial charge in [0, 0.05) is 45.1 Å². The van der Waals surface area contributed by atoms with Crippen LogP contribution in [0.25, 0.3) is 0 Å². The zero-order valence-electron chi connectivity index (χ0n) is 15.3. The van der Waals surface area contributed by atoms with E-state index in [0.29, 0.717) is 25.9 Å². The summed E-state index contributed by atoms with van der Waals surface area (Å²) in [6.07, 6.45) is 3.15. The van der Waals surface area contributed by atoms with Crippen LogP contribution in [-0.2, 0) is 27.4 Å². The van der Waals surface area contributed by atoms with Crippen molar-refractivity contribution in [2.24, 2.45) is 5.92 Å². The zero-order valence-corrected chi connectivity index (χ0v) is 15.3. The smallest absolute Gasteiger partial charge is 0.223 e. The number of benzene rings is 1. The molecular weight excluding hydrogens is 330 g/mol. The SMILES string of the molecule is O=C(CCCNC(=O)C1CC1)NCc1ccc(CN2CCOCC2)cc1. The highest BCUT2D eigenvalue weighted by Crippen LogP contribution is 2.28. The molecule has 2 aliphatic rings. The van der Waals surface area contributed by atoms with Gasteiger partial charge in [-0.05, 0) is 30.4 Å². The lowest BCUT2D eigenvalue weighted by molar-refractivity contribution is -0.123. The molecule has 0 aromatic heterocycles. The number of ether oxygens (including phenoxy) is 1. The Morgan fingerprint density at radius 1 is 1.04 bits per heavy atom. The van der Waals surface area contributed by atoms with Crippen molar-refractivity contribution >= 4 is 11.8 Å². The van der Waals surface area contributed by atoms with Crippen molar-refractivity contribution in [3.63, 3.8) is 0 Å². The van der Waals surface area contributed by atoms with E-state index in [1.165, 1.54) is 5.56 Å². The molecule has 0 atom stereocenters. The molecule has 0 radical (unpaired) electrons. The van der Waals surface area contributed by atoms with Gasteiger partial charge in [0.15, 0.2) is 0 Å². The molecule has 1 aliphatic carbocycles. The van der Waals surface area contributed by atoms with Crippen molar-refractivity contribution in [2.45, 2.75) is 38.8 Å². The van der Waals surface area contributed by atoms with Gasteiger partial charge in [-0.15, -0.1) is 0 Å². The Kier molecular flexibility index (Phi) is 7.03. The van der Waals surface area contributed by atoms with Crippen molar-refractivity contribution in [3.8, 4) is 0 Å². The predicted molar refractivity (Wildman–Crippen MR) is 99.4 cm³/mol. The van der Waals surface area contributed by atoms with Gasteiger partial charge in [-0.25, -0.2) is 0 Å². The standard InChI is InChI=1S/C20H29N3O3/c24-19(2-1-9-21-20(25)18-7-8-18)22-14-16-3-5-17(6-4-16)15-23-10-12-26-13-11-23/h3-6,18H,1-2,7-15H2,(H,21,25)(H,22,24). The fraction of sp³-hybridized carbons (Fsp3) is 0.600. The van der Waals surface area contributed by atoms with Crippen LogP contribution < -0.4 is 10.6 Å². The Morgan fingerprint density at radius 3 is 2.42 bits per heavy atom. The van der Waals surface area contributed by atoms with Crippen molar-refractivity contribution < 1.29 is 14.3 Å². The third-order valence-electron chi connectivity index (χ3n) is 4.85. The number of nitrogens with zero attached hydrogens (tertiary/aromatic N) is 1. The first-order valence-electron chi connectivity index (χ1n) is 9.63. The van der Waals surface area contributed by atoms with Crippen molar-refractivity contribution in [2.75, 3.05) is 32.8 Å². The molecule has 1 aromatic rings. The monoisotopic (exact) mass is 359 g/mol. The molecule has 26 heavy (non-hydrogen) atoms. The van der Waals surface area contributed by atoms with Gasteiger partial charge >= 0.3 is 0 Å². The highest BCUT2D eigenvalue weighted by atomic mass is 16.5.